The van der Waals surface area contributed by atoms with Crippen LogP contribution in [-0.4, -0.2) is 24.2 Å². The Hall–Kier alpha value is -1.91. The van der Waals surface area contributed by atoms with E-state index >= 15 is 0 Å². The zero-order valence-electron chi connectivity index (χ0n) is 13.0. The van der Waals surface area contributed by atoms with Crippen LogP contribution in [0, 0.1) is 5.82 Å². The Kier molecular flexibility index (Phi) is 4.02. The van der Waals surface area contributed by atoms with Gasteiger partial charge >= 0.3 is 0 Å². The zero-order valence-corrected chi connectivity index (χ0v) is 13.7. The molecule has 2 aromatic carbocycles. The van der Waals surface area contributed by atoms with E-state index in [0.29, 0.717) is 35.8 Å². The topological polar surface area (TPSA) is 27.8 Å². The molecule has 1 aromatic heterocycles. The van der Waals surface area contributed by atoms with Crippen LogP contribution in [-0.2, 0) is 0 Å². The molecule has 0 aliphatic carbocycles. The summed E-state index contributed by atoms with van der Waals surface area (Å²) in [7, 11) is 0. The average Bonchev–Trinajstić information content (AvgIpc) is 2.93. The summed E-state index contributed by atoms with van der Waals surface area (Å²) in [5, 5.41) is 4.74. The Labute approximate surface area is 143 Å². The van der Waals surface area contributed by atoms with E-state index in [1.165, 1.54) is 6.07 Å². The normalized spacial score (nSPS) is 21.3. The molecule has 1 aliphatic rings. The summed E-state index contributed by atoms with van der Waals surface area (Å²) in [6.07, 6.45) is -0.492. The van der Waals surface area contributed by atoms with Crippen LogP contribution in [0.3, 0.4) is 0 Å². The lowest BCUT2D eigenvalue weighted by Crippen LogP contribution is -2.36. The molecule has 2 N–H and O–H groups in total. The predicted molar refractivity (Wildman–Crippen MR) is 93.8 cm³/mol. The SMILES string of the molecule is Fc1ccccc1-c1[nH]c2cc(Cl)ccc2c1C1CNCCC1F. The van der Waals surface area contributed by atoms with Crippen molar-refractivity contribution < 1.29 is 8.78 Å². The minimum atomic E-state index is -0.952. The Balaban J connectivity index is 1.98. The van der Waals surface area contributed by atoms with Gasteiger partial charge in [0.15, 0.2) is 0 Å². The summed E-state index contributed by atoms with van der Waals surface area (Å²) in [5.41, 5.74) is 2.72. The summed E-state index contributed by atoms with van der Waals surface area (Å²) >= 11 is 6.09. The first-order valence-electron chi connectivity index (χ1n) is 8.06. The van der Waals surface area contributed by atoms with Crippen LogP contribution in [0.15, 0.2) is 42.5 Å². The molecule has 2 unspecified atom stereocenters. The van der Waals surface area contributed by atoms with Crippen LogP contribution >= 0.6 is 11.6 Å². The molecule has 0 saturated carbocycles. The van der Waals surface area contributed by atoms with Crippen molar-refractivity contribution in [2.75, 3.05) is 13.1 Å². The maximum absolute atomic E-state index is 14.6. The van der Waals surface area contributed by atoms with E-state index in [-0.39, 0.29) is 11.7 Å². The van der Waals surface area contributed by atoms with E-state index in [2.05, 4.69) is 10.3 Å². The molecule has 4 rings (SSSR count). The monoisotopic (exact) mass is 346 g/mol. The lowest BCUT2D eigenvalue weighted by Gasteiger charge is -2.27. The molecule has 1 saturated heterocycles. The molecular formula is C19H17ClF2N2. The Morgan fingerprint density at radius 3 is 2.75 bits per heavy atom. The highest BCUT2D eigenvalue weighted by Gasteiger charge is 2.31. The number of aromatic amines is 1. The third-order valence-corrected chi connectivity index (χ3v) is 4.95. The molecule has 0 bridgehead atoms. The van der Waals surface area contributed by atoms with Gasteiger partial charge in [-0.25, -0.2) is 8.78 Å². The summed E-state index contributed by atoms with van der Waals surface area (Å²) in [6, 6.07) is 12.0. The van der Waals surface area contributed by atoms with Gasteiger partial charge in [-0.05, 0) is 42.8 Å². The minimum Gasteiger partial charge on any atom is -0.354 e. The number of halogens is 3. The molecular weight excluding hydrogens is 330 g/mol. The fourth-order valence-electron chi connectivity index (χ4n) is 3.56. The zero-order chi connectivity index (χ0) is 16.7. The van der Waals surface area contributed by atoms with Crippen LogP contribution in [0.25, 0.3) is 22.2 Å². The molecule has 1 fully saturated rings. The molecule has 2 heterocycles. The quantitative estimate of drug-likeness (QED) is 0.668. The number of rotatable bonds is 2. The number of H-pyrrole nitrogens is 1. The van der Waals surface area contributed by atoms with Crippen LogP contribution < -0.4 is 5.32 Å². The standard InChI is InChI=1S/C19H17ClF2N2/c20-11-5-6-13-17(9-11)24-19(12-3-1-2-4-15(12)21)18(13)14-10-23-8-7-16(14)22/h1-6,9,14,16,23-24H,7-8,10H2. The van der Waals surface area contributed by atoms with Crippen molar-refractivity contribution >= 4 is 22.5 Å². The van der Waals surface area contributed by atoms with Gasteiger partial charge in [0.25, 0.3) is 0 Å². The van der Waals surface area contributed by atoms with Crippen LogP contribution in [0.4, 0.5) is 8.78 Å². The summed E-state index contributed by atoms with van der Waals surface area (Å²) in [4.78, 5) is 3.26. The third kappa shape index (κ3) is 2.60. The fourth-order valence-corrected chi connectivity index (χ4v) is 3.73. The van der Waals surface area contributed by atoms with Gasteiger partial charge in [0.1, 0.15) is 12.0 Å². The van der Waals surface area contributed by atoms with Gasteiger partial charge in [-0.15, -0.1) is 0 Å². The van der Waals surface area contributed by atoms with Crippen molar-refractivity contribution in [1.29, 1.82) is 0 Å². The van der Waals surface area contributed by atoms with Gasteiger partial charge in [0.05, 0.1) is 5.69 Å². The Morgan fingerprint density at radius 2 is 1.96 bits per heavy atom. The highest BCUT2D eigenvalue weighted by atomic mass is 35.5. The maximum Gasteiger partial charge on any atom is 0.132 e. The molecule has 124 valence electrons. The first kappa shape index (κ1) is 15.6. The molecule has 24 heavy (non-hydrogen) atoms. The van der Waals surface area contributed by atoms with E-state index in [1.54, 1.807) is 30.3 Å². The van der Waals surface area contributed by atoms with Crippen molar-refractivity contribution in [3.05, 3.63) is 58.9 Å². The van der Waals surface area contributed by atoms with E-state index in [4.69, 9.17) is 11.6 Å². The van der Waals surface area contributed by atoms with Crippen molar-refractivity contribution in [2.45, 2.75) is 18.5 Å². The number of nitrogens with one attached hydrogen (secondary N) is 2. The number of alkyl halides is 1. The first-order chi connectivity index (χ1) is 11.6. The summed E-state index contributed by atoms with van der Waals surface area (Å²) in [5.74, 6) is -0.640. The second-order valence-corrected chi connectivity index (χ2v) is 6.64. The lowest BCUT2D eigenvalue weighted by atomic mass is 9.86. The van der Waals surface area contributed by atoms with Crippen molar-refractivity contribution in [2.24, 2.45) is 0 Å². The lowest BCUT2D eigenvalue weighted by molar-refractivity contribution is 0.229. The molecule has 3 aromatic rings. The number of piperidine rings is 1. The number of hydrogen-bond donors (Lipinski definition) is 2. The number of hydrogen-bond acceptors (Lipinski definition) is 1. The number of fused-ring (bicyclic) bond motifs is 1. The highest BCUT2D eigenvalue weighted by Crippen LogP contribution is 2.40. The second kappa shape index (κ2) is 6.19. The smallest absolute Gasteiger partial charge is 0.132 e. The molecule has 0 spiro atoms. The first-order valence-corrected chi connectivity index (χ1v) is 8.44. The molecule has 5 heteroatoms. The van der Waals surface area contributed by atoms with Crippen molar-refractivity contribution in [3.8, 4) is 11.3 Å². The van der Waals surface area contributed by atoms with Crippen molar-refractivity contribution in [1.82, 2.24) is 10.3 Å². The third-order valence-electron chi connectivity index (χ3n) is 4.71. The second-order valence-electron chi connectivity index (χ2n) is 6.20. The van der Waals surface area contributed by atoms with Gasteiger partial charge in [0, 0.05) is 34.0 Å². The van der Waals surface area contributed by atoms with E-state index in [0.717, 1.165) is 16.5 Å². The minimum absolute atomic E-state index is 0.316. The van der Waals surface area contributed by atoms with Gasteiger partial charge in [-0.2, -0.15) is 0 Å². The summed E-state index contributed by atoms with van der Waals surface area (Å²) in [6.45, 7) is 1.21. The van der Waals surface area contributed by atoms with E-state index in [1.807, 2.05) is 6.07 Å². The Bertz CT molecular complexity index is 890. The number of benzene rings is 2. The van der Waals surface area contributed by atoms with Gasteiger partial charge < -0.3 is 10.3 Å². The predicted octanol–water partition coefficient (Wildman–Crippen LogP) is 5.04. The highest BCUT2D eigenvalue weighted by molar-refractivity contribution is 6.31. The fraction of sp³-hybridized carbons (Fsp3) is 0.263. The van der Waals surface area contributed by atoms with Gasteiger partial charge in [-0.1, -0.05) is 29.8 Å². The molecule has 1 aliphatic heterocycles. The van der Waals surface area contributed by atoms with Crippen molar-refractivity contribution in [3.63, 3.8) is 0 Å². The average molecular weight is 347 g/mol. The van der Waals surface area contributed by atoms with E-state index < -0.39 is 6.17 Å². The number of aromatic nitrogens is 1. The van der Waals surface area contributed by atoms with Crippen LogP contribution in [0.1, 0.15) is 17.9 Å². The Morgan fingerprint density at radius 1 is 1.12 bits per heavy atom. The van der Waals surface area contributed by atoms with Crippen LogP contribution in [0.5, 0.6) is 0 Å². The largest absolute Gasteiger partial charge is 0.354 e. The molecule has 2 nitrogen and oxygen atoms in total. The molecule has 0 radical (unpaired) electrons. The summed E-state index contributed by atoms with van der Waals surface area (Å²) < 4.78 is 29.0. The van der Waals surface area contributed by atoms with Crippen LogP contribution in [0.2, 0.25) is 5.02 Å². The molecule has 0 amide bonds. The van der Waals surface area contributed by atoms with Gasteiger partial charge in [-0.3, -0.25) is 0 Å². The van der Waals surface area contributed by atoms with E-state index in [9.17, 15) is 8.78 Å². The maximum atomic E-state index is 14.6. The molecule has 2 atom stereocenters. The van der Waals surface area contributed by atoms with Gasteiger partial charge in [0.2, 0.25) is 0 Å².